The number of nitrogens with one attached hydrogen (secondary N) is 1. The van der Waals surface area contributed by atoms with Gasteiger partial charge in [0.1, 0.15) is 19.3 Å². The van der Waals surface area contributed by atoms with E-state index in [0.29, 0.717) is 0 Å². The first-order valence-electron chi connectivity index (χ1n) is 14.7. The fourth-order valence-corrected chi connectivity index (χ4v) is 7.35. The summed E-state index contributed by atoms with van der Waals surface area (Å²) in [5.74, 6) is -2.79. The molecule has 2 atom stereocenters. The molecule has 0 aliphatic heterocycles. The van der Waals surface area contributed by atoms with Crippen LogP contribution in [0.2, 0.25) is 0 Å². The molecule has 0 saturated carbocycles. The molecule has 0 radical (unpaired) electrons. The van der Waals surface area contributed by atoms with Gasteiger partial charge in [0, 0.05) is 12.3 Å². The van der Waals surface area contributed by atoms with Crippen molar-refractivity contribution in [1.82, 2.24) is 5.32 Å². The van der Waals surface area contributed by atoms with Crippen LogP contribution in [-0.2, 0) is 34.5 Å². The van der Waals surface area contributed by atoms with Crippen molar-refractivity contribution in [2.24, 2.45) is 0 Å². The summed E-state index contributed by atoms with van der Waals surface area (Å²) in [6, 6.07) is 23.5. The van der Waals surface area contributed by atoms with E-state index >= 15 is 0 Å². The Labute approximate surface area is 259 Å². The van der Waals surface area contributed by atoms with Crippen molar-refractivity contribution in [2.45, 2.75) is 83.6 Å². The van der Waals surface area contributed by atoms with Crippen LogP contribution in [-0.4, -0.2) is 46.9 Å². The highest BCUT2D eigenvalue weighted by molar-refractivity contribution is 7.54. The number of carbonyl (C=O) groups is 2. The van der Waals surface area contributed by atoms with Gasteiger partial charge in [0.05, 0.1) is 11.2 Å². The van der Waals surface area contributed by atoms with Crippen molar-refractivity contribution in [3.8, 4) is 11.1 Å². The van der Waals surface area contributed by atoms with E-state index in [1.54, 1.807) is 53.7 Å². The first-order valence-corrected chi connectivity index (χ1v) is 16.3. The summed E-state index contributed by atoms with van der Waals surface area (Å²) in [4.78, 5) is 26.4. The van der Waals surface area contributed by atoms with Gasteiger partial charge >= 0.3 is 19.7 Å². The van der Waals surface area contributed by atoms with Crippen LogP contribution in [0.15, 0.2) is 78.9 Å². The minimum absolute atomic E-state index is 0.0208. The lowest BCUT2D eigenvalue weighted by atomic mass is 9.98. The fourth-order valence-electron chi connectivity index (χ4n) is 5.07. The van der Waals surface area contributed by atoms with Crippen molar-refractivity contribution < 1.29 is 37.8 Å². The SMILES string of the molecule is CC(C)(C)OP(=O)(OC(C)(C)C)C(O)CC(NC(=O)OCC1c2ccccc2-c2ccccc21)C(=O)OCc1ccccc1. The normalized spacial score (nSPS) is 14.7. The molecule has 2 unspecified atom stereocenters. The number of rotatable bonds is 11. The second-order valence-electron chi connectivity index (χ2n) is 12.8. The van der Waals surface area contributed by atoms with Crippen molar-refractivity contribution in [1.29, 1.82) is 0 Å². The minimum atomic E-state index is -4.22. The van der Waals surface area contributed by atoms with Crippen LogP contribution in [0, 0.1) is 0 Å². The number of hydrogen-bond donors (Lipinski definition) is 2. The number of carbonyl (C=O) groups excluding carboxylic acids is 2. The van der Waals surface area contributed by atoms with Crippen molar-refractivity contribution in [3.63, 3.8) is 0 Å². The molecule has 2 N–H and O–H groups in total. The summed E-state index contributed by atoms with van der Waals surface area (Å²) in [5, 5.41) is 13.7. The van der Waals surface area contributed by atoms with Crippen LogP contribution >= 0.6 is 7.60 Å². The molecular weight excluding hydrogens is 581 g/mol. The first kappa shape index (κ1) is 33.4. The minimum Gasteiger partial charge on any atom is -0.459 e. The zero-order chi connectivity index (χ0) is 32.1. The number of aliphatic hydroxyl groups excluding tert-OH is 1. The number of fused-ring (bicyclic) bond motifs is 3. The summed E-state index contributed by atoms with van der Waals surface area (Å²) in [6.45, 7) is 10.0. The van der Waals surface area contributed by atoms with Gasteiger partial charge in [-0.15, -0.1) is 0 Å². The second kappa shape index (κ2) is 13.7. The lowest BCUT2D eigenvalue weighted by Crippen LogP contribution is -2.45. The smallest absolute Gasteiger partial charge is 0.407 e. The number of esters is 1. The topological polar surface area (TPSA) is 120 Å². The molecule has 0 spiro atoms. The quantitative estimate of drug-likeness (QED) is 0.170. The summed E-state index contributed by atoms with van der Waals surface area (Å²) in [6.07, 6.45) is -1.38. The van der Waals surface area contributed by atoms with E-state index in [1.165, 1.54) is 0 Å². The number of ether oxygens (including phenoxy) is 2. The Balaban J connectivity index is 1.51. The maximum absolute atomic E-state index is 13.9. The third-order valence-corrected chi connectivity index (χ3v) is 9.30. The molecule has 0 fully saturated rings. The maximum atomic E-state index is 13.9. The molecule has 1 aliphatic rings. The van der Waals surface area contributed by atoms with Crippen molar-refractivity contribution >= 4 is 19.7 Å². The Kier molecular flexibility index (Phi) is 10.4. The molecule has 3 aromatic rings. The van der Waals surface area contributed by atoms with Crippen LogP contribution in [0.1, 0.15) is 70.6 Å². The van der Waals surface area contributed by atoms with Crippen molar-refractivity contribution in [3.05, 3.63) is 95.6 Å². The zero-order valence-corrected chi connectivity index (χ0v) is 27.0. The van der Waals surface area contributed by atoms with E-state index in [-0.39, 0.29) is 19.1 Å². The number of amides is 1. The summed E-state index contributed by atoms with van der Waals surface area (Å²) >= 11 is 0. The Hall–Kier alpha value is -3.49. The molecule has 4 rings (SSSR count). The summed E-state index contributed by atoms with van der Waals surface area (Å²) in [7, 11) is -4.22. The average molecular weight is 624 g/mol. The van der Waals surface area contributed by atoms with Crippen molar-refractivity contribution in [2.75, 3.05) is 6.61 Å². The Morgan fingerprint density at radius 3 is 1.82 bits per heavy atom. The van der Waals surface area contributed by atoms with Gasteiger partial charge in [-0.3, -0.25) is 4.57 Å². The van der Waals surface area contributed by atoms with Gasteiger partial charge in [-0.25, -0.2) is 9.59 Å². The highest BCUT2D eigenvalue weighted by atomic mass is 31.2. The van der Waals surface area contributed by atoms with E-state index in [4.69, 9.17) is 18.5 Å². The largest absolute Gasteiger partial charge is 0.459 e. The molecule has 236 valence electrons. The van der Waals surface area contributed by atoms with E-state index in [0.717, 1.165) is 27.8 Å². The van der Waals surface area contributed by atoms with Gasteiger partial charge in [0.2, 0.25) is 0 Å². The third-order valence-electron chi connectivity index (χ3n) is 6.76. The lowest BCUT2D eigenvalue weighted by Gasteiger charge is -2.35. The van der Waals surface area contributed by atoms with E-state index < -0.39 is 49.2 Å². The molecule has 0 saturated heterocycles. The van der Waals surface area contributed by atoms with E-state index in [9.17, 15) is 19.3 Å². The number of hydrogen-bond acceptors (Lipinski definition) is 8. The van der Waals surface area contributed by atoms with Crippen LogP contribution < -0.4 is 5.32 Å². The van der Waals surface area contributed by atoms with Crippen LogP contribution in [0.25, 0.3) is 11.1 Å². The Morgan fingerprint density at radius 2 is 1.30 bits per heavy atom. The number of alkyl carbamates (subject to hydrolysis) is 1. The van der Waals surface area contributed by atoms with Gasteiger partial charge in [0.15, 0.2) is 5.85 Å². The fraction of sp³-hybridized carbons (Fsp3) is 0.412. The monoisotopic (exact) mass is 623 g/mol. The second-order valence-corrected chi connectivity index (χ2v) is 14.8. The molecule has 9 nitrogen and oxygen atoms in total. The molecule has 44 heavy (non-hydrogen) atoms. The molecule has 0 bridgehead atoms. The van der Waals surface area contributed by atoms with Gasteiger partial charge in [-0.2, -0.15) is 0 Å². The molecule has 1 amide bonds. The van der Waals surface area contributed by atoms with E-state index in [2.05, 4.69) is 5.32 Å². The highest BCUT2D eigenvalue weighted by Crippen LogP contribution is 2.58. The molecule has 0 aromatic heterocycles. The highest BCUT2D eigenvalue weighted by Gasteiger charge is 2.44. The molecule has 3 aromatic carbocycles. The third kappa shape index (κ3) is 8.79. The molecular formula is C34H42NO8P. The van der Waals surface area contributed by atoms with Crippen LogP contribution in [0.5, 0.6) is 0 Å². The Morgan fingerprint density at radius 1 is 0.795 bits per heavy atom. The van der Waals surface area contributed by atoms with E-state index in [1.807, 2.05) is 66.7 Å². The van der Waals surface area contributed by atoms with Gasteiger partial charge in [0.25, 0.3) is 0 Å². The zero-order valence-electron chi connectivity index (χ0n) is 26.1. The molecule has 0 heterocycles. The van der Waals surface area contributed by atoms with Gasteiger partial charge in [-0.05, 0) is 69.4 Å². The standard InChI is InChI=1S/C34H42NO8P/c1-33(2,3)42-44(39,43-34(4,5)6)30(36)20-29(31(37)40-21-23-14-8-7-9-15-23)35-32(38)41-22-28-26-18-12-10-16-24(26)25-17-11-13-19-27(25)28/h7-19,28-30,36H,20-22H2,1-6H3,(H,35,38). The number of aliphatic hydroxyl groups is 1. The lowest BCUT2D eigenvalue weighted by molar-refractivity contribution is -0.148. The molecule has 10 heteroatoms. The average Bonchev–Trinajstić information content (AvgIpc) is 3.26. The van der Waals surface area contributed by atoms with Crippen LogP contribution in [0.3, 0.4) is 0 Å². The van der Waals surface area contributed by atoms with Crippen LogP contribution in [0.4, 0.5) is 4.79 Å². The van der Waals surface area contributed by atoms with Gasteiger partial charge in [-0.1, -0.05) is 78.9 Å². The van der Waals surface area contributed by atoms with Gasteiger partial charge < -0.3 is 28.9 Å². The first-order chi connectivity index (χ1) is 20.7. The molecule has 1 aliphatic carbocycles. The number of benzene rings is 3. The predicted molar refractivity (Wildman–Crippen MR) is 168 cm³/mol. The predicted octanol–water partition coefficient (Wildman–Crippen LogP) is 7.17. The maximum Gasteiger partial charge on any atom is 0.407 e. The Bertz CT molecular complexity index is 1430. The summed E-state index contributed by atoms with van der Waals surface area (Å²) in [5.41, 5.74) is 3.09. The summed E-state index contributed by atoms with van der Waals surface area (Å²) < 4.78 is 36.5.